The van der Waals surface area contributed by atoms with Crippen molar-refractivity contribution in [2.45, 2.75) is 13.1 Å². The molecular formula is C18H19ClN6. The van der Waals surface area contributed by atoms with Gasteiger partial charge in [0.1, 0.15) is 12.1 Å². The lowest BCUT2D eigenvalue weighted by Gasteiger charge is -2.12. The minimum absolute atomic E-state index is 0.636. The number of rotatable bonds is 5. The molecule has 0 fully saturated rings. The third kappa shape index (κ3) is 4.81. The number of aliphatic imine (C=N–C) groups is 1. The van der Waals surface area contributed by atoms with Crippen molar-refractivity contribution < 1.29 is 0 Å². The molecule has 3 rings (SSSR count). The first-order valence-electron chi connectivity index (χ1n) is 7.87. The summed E-state index contributed by atoms with van der Waals surface area (Å²) in [6, 6.07) is 11.7. The SMILES string of the molecule is CN=C(NCc1ccc(Cl)cc1)NCc1ccc(-n2ccnc2)nc1. The lowest BCUT2D eigenvalue weighted by Crippen LogP contribution is -2.36. The summed E-state index contributed by atoms with van der Waals surface area (Å²) in [6.07, 6.45) is 7.16. The van der Waals surface area contributed by atoms with Gasteiger partial charge in [0.15, 0.2) is 5.96 Å². The summed E-state index contributed by atoms with van der Waals surface area (Å²) in [5.74, 6) is 1.57. The molecule has 0 aliphatic heterocycles. The first-order valence-corrected chi connectivity index (χ1v) is 8.24. The zero-order chi connectivity index (χ0) is 17.5. The maximum Gasteiger partial charge on any atom is 0.191 e. The zero-order valence-electron chi connectivity index (χ0n) is 13.9. The highest BCUT2D eigenvalue weighted by molar-refractivity contribution is 6.30. The average molecular weight is 355 g/mol. The van der Waals surface area contributed by atoms with Gasteiger partial charge in [-0.2, -0.15) is 0 Å². The number of nitrogens with zero attached hydrogens (tertiary/aromatic N) is 4. The summed E-state index contributed by atoms with van der Waals surface area (Å²) >= 11 is 5.90. The van der Waals surface area contributed by atoms with E-state index >= 15 is 0 Å². The molecule has 128 valence electrons. The van der Waals surface area contributed by atoms with Crippen LogP contribution < -0.4 is 10.6 Å². The van der Waals surface area contributed by atoms with Gasteiger partial charge < -0.3 is 10.6 Å². The predicted octanol–water partition coefficient (Wildman–Crippen LogP) is 2.79. The van der Waals surface area contributed by atoms with E-state index in [9.17, 15) is 0 Å². The van der Waals surface area contributed by atoms with Crippen LogP contribution >= 0.6 is 11.6 Å². The van der Waals surface area contributed by atoms with Crippen molar-refractivity contribution >= 4 is 17.6 Å². The number of hydrogen-bond acceptors (Lipinski definition) is 3. The van der Waals surface area contributed by atoms with E-state index in [0.29, 0.717) is 13.1 Å². The van der Waals surface area contributed by atoms with Crippen LogP contribution in [0.3, 0.4) is 0 Å². The van der Waals surface area contributed by atoms with Gasteiger partial charge in [-0.05, 0) is 29.3 Å². The fourth-order valence-corrected chi connectivity index (χ4v) is 2.39. The summed E-state index contributed by atoms with van der Waals surface area (Å²) in [6.45, 7) is 1.31. The third-order valence-electron chi connectivity index (χ3n) is 3.63. The molecule has 0 spiro atoms. The van der Waals surface area contributed by atoms with Crippen LogP contribution in [0.4, 0.5) is 0 Å². The van der Waals surface area contributed by atoms with Gasteiger partial charge in [0, 0.05) is 43.8 Å². The molecule has 2 N–H and O–H groups in total. The second kappa shape index (κ2) is 8.30. The highest BCUT2D eigenvalue weighted by Gasteiger charge is 2.01. The van der Waals surface area contributed by atoms with Crippen molar-refractivity contribution in [2.75, 3.05) is 7.05 Å². The Morgan fingerprint density at radius 3 is 2.40 bits per heavy atom. The molecule has 0 unspecified atom stereocenters. The maximum atomic E-state index is 5.90. The van der Waals surface area contributed by atoms with Crippen molar-refractivity contribution in [1.82, 2.24) is 25.2 Å². The highest BCUT2D eigenvalue weighted by Crippen LogP contribution is 2.09. The van der Waals surface area contributed by atoms with E-state index in [2.05, 4.69) is 25.6 Å². The molecule has 0 saturated carbocycles. The Labute approximate surface area is 151 Å². The zero-order valence-corrected chi connectivity index (χ0v) is 14.6. The van der Waals surface area contributed by atoms with E-state index in [0.717, 1.165) is 27.9 Å². The summed E-state index contributed by atoms with van der Waals surface area (Å²) < 4.78 is 1.86. The minimum Gasteiger partial charge on any atom is -0.352 e. The molecule has 0 radical (unpaired) electrons. The van der Waals surface area contributed by atoms with Gasteiger partial charge in [0.2, 0.25) is 0 Å². The summed E-state index contributed by atoms with van der Waals surface area (Å²) in [7, 11) is 1.75. The van der Waals surface area contributed by atoms with Crippen LogP contribution in [-0.2, 0) is 13.1 Å². The molecule has 2 aromatic heterocycles. The Balaban J connectivity index is 1.51. The number of pyridine rings is 1. The summed E-state index contributed by atoms with van der Waals surface area (Å²) in [5.41, 5.74) is 2.21. The van der Waals surface area contributed by atoms with Crippen molar-refractivity contribution in [2.24, 2.45) is 4.99 Å². The van der Waals surface area contributed by atoms with E-state index < -0.39 is 0 Å². The number of nitrogens with one attached hydrogen (secondary N) is 2. The van der Waals surface area contributed by atoms with E-state index in [1.54, 1.807) is 19.6 Å². The standard InChI is InChI=1S/C18H19ClN6/c1-20-18(23-10-14-2-5-16(19)6-3-14)24-12-15-4-7-17(22-11-15)25-9-8-21-13-25/h2-9,11,13H,10,12H2,1H3,(H2,20,23,24). The van der Waals surface area contributed by atoms with Gasteiger partial charge >= 0.3 is 0 Å². The fraction of sp³-hybridized carbons (Fsp3) is 0.167. The van der Waals surface area contributed by atoms with Crippen LogP contribution in [-0.4, -0.2) is 27.5 Å². The van der Waals surface area contributed by atoms with Crippen molar-refractivity contribution in [3.8, 4) is 5.82 Å². The molecule has 0 amide bonds. The second-order valence-corrected chi connectivity index (χ2v) is 5.84. The van der Waals surface area contributed by atoms with Gasteiger partial charge in [-0.1, -0.05) is 29.8 Å². The molecule has 0 bridgehead atoms. The molecule has 0 aliphatic carbocycles. The topological polar surface area (TPSA) is 67.1 Å². The van der Waals surface area contributed by atoms with E-state index in [1.807, 2.05) is 53.4 Å². The van der Waals surface area contributed by atoms with E-state index in [1.165, 1.54) is 0 Å². The number of hydrogen-bond donors (Lipinski definition) is 2. The molecular weight excluding hydrogens is 336 g/mol. The molecule has 25 heavy (non-hydrogen) atoms. The Morgan fingerprint density at radius 1 is 1.08 bits per heavy atom. The predicted molar refractivity (Wildman–Crippen MR) is 99.8 cm³/mol. The van der Waals surface area contributed by atoms with Gasteiger partial charge in [0.25, 0.3) is 0 Å². The Bertz CT molecular complexity index is 810. The monoisotopic (exact) mass is 354 g/mol. The second-order valence-electron chi connectivity index (χ2n) is 5.40. The molecule has 7 heteroatoms. The smallest absolute Gasteiger partial charge is 0.191 e. The average Bonchev–Trinajstić information content (AvgIpc) is 3.18. The van der Waals surface area contributed by atoms with Crippen molar-refractivity contribution in [3.63, 3.8) is 0 Å². The van der Waals surface area contributed by atoms with Crippen LogP contribution in [0.2, 0.25) is 5.02 Å². The Morgan fingerprint density at radius 2 is 1.80 bits per heavy atom. The van der Waals surface area contributed by atoms with Crippen molar-refractivity contribution in [1.29, 1.82) is 0 Å². The Kier molecular flexibility index (Phi) is 5.64. The molecule has 1 aromatic carbocycles. The number of halogens is 1. The molecule has 0 saturated heterocycles. The van der Waals surface area contributed by atoms with Gasteiger partial charge in [-0.25, -0.2) is 9.97 Å². The van der Waals surface area contributed by atoms with Crippen LogP contribution in [0.25, 0.3) is 5.82 Å². The first kappa shape index (κ1) is 17.0. The quantitative estimate of drug-likeness (QED) is 0.546. The molecule has 0 atom stereocenters. The van der Waals surface area contributed by atoms with Crippen LogP contribution in [0.15, 0.2) is 66.3 Å². The maximum absolute atomic E-state index is 5.90. The van der Waals surface area contributed by atoms with E-state index in [4.69, 9.17) is 11.6 Å². The normalized spacial score (nSPS) is 11.4. The number of guanidine groups is 1. The molecule has 3 aromatic rings. The molecule has 0 aliphatic rings. The molecule has 6 nitrogen and oxygen atoms in total. The van der Waals surface area contributed by atoms with Gasteiger partial charge in [0.05, 0.1) is 0 Å². The van der Waals surface area contributed by atoms with Crippen LogP contribution in [0.1, 0.15) is 11.1 Å². The summed E-state index contributed by atoms with van der Waals surface area (Å²) in [4.78, 5) is 12.7. The summed E-state index contributed by atoms with van der Waals surface area (Å²) in [5, 5.41) is 7.28. The van der Waals surface area contributed by atoms with Crippen molar-refractivity contribution in [3.05, 3.63) is 77.5 Å². The Hall–Kier alpha value is -2.86. The largest absolute Gasteiger partial charge is 0.352 e. The van der Waals surface area contributed by atoms with Gasteiger partial charge in [-0.3, -0.25) is 9.56 Å². The highest BCUT2D eigenvalue weighted by atomic mass is 35.5. The van der Waals surface area contributed by atoms with Crippen LogP contribution in [0, 0.1) is 0 Å². The lowest BCUT2D eigenvalue weighted by molar-refractivity contribution is 0.805. The first-order chi connectivity index (χ1) is 12.2. The number of aromatic nitrogens is 3. The lowest BCUT2D eigenvalue weighted by atomic mass is 10.2. The fourth-order valence-electron chi connectivity index (χ4n) is 2.26. The minimum atomic E-state index is 0.636. The van der Waals surface area contributed by atoms with E-state index in [-0.39, 0.29) is 0 Å². The number of imidazole rings is 1. The third-order valence-corrected chi connectivity index (χ3v) is 3.89. The van der Waals surface area contributed by atoms with Crippen LogP contribution in [0.5, 0.6) is 0 Å². The number of benzene rings is 1. The molecule has 2 heterocycles. The van der Waals surface area contributed by atoms with Gasteiger partial charge in [-0.15, -0.1) is 0 Å².